The summed E-state index contributed by atoms with van der Waals surface area (Å²) in [5.74, 6) is 1.40. The van der Waals surface area contributed by atoms with Gasteiger partial charge in [-0.1, -0.05) is 23.2 Å². The fourth-order valence-electron chi connectivity index (χ4n) is 4.32. The zero-order chi connectivity index (χ0) is 27.4. The van der Waals surface area contributed by atoms with Crippen LogP contribution in [0.25, 0.3) is 28.1 Å². The number of nitrogens with two attached hydrogens (primary N) is 1. The molecule has 38 heavy (non-hydrogen) atoms. The number of aromatic nitrogens is 3. The van der Waals surface area contributed by atoms with Crippen LogP contribution in [0.1, 0.15) is 36.8 Å². The SMILES string of the molecule is COc1cc2c(cc1-c1ccc(N)nc1)-c1c(c(C(=O)N(C)C(C)(C)C)nn1-c1cc(Cl)cc(Cl)c1)CO2. The average molecular weight is 552 g/mol. The van der Waals surface area contributed by atoms with Crippen LogP contribution >= 0.6 is 23.2 Å². The van der Waals surface area contributed by atoms with Crippen LogP contribution in [-0.4, -0.2) is 45.3 Å². The summed E-state index contributed by atoms with van der Waals surface area (Å²) in [6, 6.07) is 12.5. The third-order valence-corrected chi connectivity index (χ3v) is 7.05. The Bertz CT molecular complexity index is 1540. The molecule has 10 heteroatoms. The van der Waals surface area contributed by atoms with Crippen molar-refractivity contribution in [2.45, 2.75) is 32.9 Å². The van der Waals surface area contributed by atoms with Crippen molar-refractivity contribution in [3.8, 4) is 39.6 Å². The third kappa shape index (κ3) is 4.54. The normalized spacial score (nSPS) is 12.4. The number of benzene rings is 2. The van der Waals surface area contributed by atoms with Crippen LogP contribution in [0.2, 0.25) is 10.0 Å². The Morgan fingerprint density at radius 1 is 1.11 bits per heavy atom. The van der Waals surface area contributed by atoms with E-state index in [4.69, 9.17) is 43.5 Å². The molecule has 4 aromatic rings. The van der Waals surface area contributed by atoms with Gasteiger partial charge in [-0.3, -0.25) is 4.79 Å². The number of pyridine rings is 1. The summed E-state index contributed by atoms with van der Waals surface area (Å²) in [6.07, 6.45) is 1.69. The maximum Gasteiger partial charge on any atom is 0.274 e. The second-order valence-electron chi connectivity index (χ2n) is 10.1. The molecule has 1 aliphatic heterocycles. The van der Waals surface area contributed by atoms with E-state index in [0.29, 0.717) is 50.0 Å². The van der Waals surface area contributed by atoms with E-state index in [9.17, 15) is 4.79 Å². The van der Waals surface area contributed by atoms with E-state index in [1.807, 2.05) is 39.0 Å². The Hall–Kier alpha value is -3.75. The number of nitrogen functional groups attached to an aromatic ring is 1. The maximum atomic E-state index is 13.7. The van der Waals surface area contributed by atoms with Crippen LogP contribution in [0.5, 0.6) is 11.5 Å². The van der Waals surface area contributed by atoms with Gasteiger partial charge in [-0.15, -0.1) is 0 Å². The summed E-state index contributed by atoms with van der Waals surface area (Å²) in [7, 11) is 3.36. The highest BCUT2D eigenvalue weighted by Crippen LogP contribution is 2.46. The predicted octanol–water partition coefficient (Wildman–Crippen LogP) is 6.26. The zero-order valence-corrected chi connectivity index (χ0v) is 23.2. The highest BCUT2D eigenvalue weighted by atomic mass is 35.5. The number of halogens is 2. The van der Waals surface area contributed by atoms with E-state index in [-0.39, 0.29) is 12.5 Å². The molecule has 0 saturated carbocycles. The topological polar surface area (TPSA) is 95.5 Å². The maximum absolute atomic E-state index is 13.7. The molecule has 8 nitrogen and oxygen atoms in total. The molecule has 0 fully saturated rings. The first kappa shape index (κ1) is 25.9. The van der Waals surface area contributed by atoms with Gasteiger partial charge in [0.15, 0.2) is 5.69 Å². The van der Waals surface area contributed by atoms with Gasteiger partial charge in [-0.05, 0) is 57.2 Å². The Balaban J connectivity index is 1.79. The quantitative estimate of drug-likeness (QED) is 0.321. The first-order valence-corrected chi connectivity index (χ1v) is 12.7. The summed E-state index contributed by atoms with van der Waals surface area (Å²) in [5, 5.41) is 5.70. The first-order valence-electron chi connectivity index (χ1n) is 11.9. The molecule has 1 aliphatic rings. The Morgan fingerprint density at radius 3 is 2.42 bits per heavy atom. The van der Waals surface area contributed by atoms with Crippen molar-refractivity contribution in [3.05, 3.63) is 70.0 Å². The van der Waals surface area contributed by atoms with Crippen molar-refractivity contribution in [2.24, 2.45) is 0 Å². The lowest BCUT2D eigenvalue weighted by Gasteiger charge is -2.31. The van der Waals surface area contributed by atoms with Crippen molar-refractivity contribution in [2.75, 3.05) is 19.9 Å². The molecule has 1 amide bonds. The van der Waals surface area contributed by atoms with Crippen LogP contribution in [-0.2, 0) is 6.61 Å². The molecule has 3 heterocycles. The fraction of sp³-hybridized carbons (Fsp3) is 0.250. The minimum absolute atomic E-state index is 0.154. The number of hydrogen-bond donors (Lipinski definition) is 1. The largest absolute Gasteiger partial charge is 0.496 e. The Labute approximate surface area is 230 Å². The zero-order valence-electron chi connectivity index (χ0n) is 21.7. The molecule has 2 aromatic heterocycles. The summed E-state index contributed by atoms with van der Waals surface area (Å²) in [6.45, 7) is 6.06. The molecule has 0 unspecified atom stereocenters. The molecule has 2 aromatic carbocycles. The summed E-state index contributed by atoms with van der Waals surface area (Å²) >= 11 is 12.7. The molecule has 2 N–H and O–H groups in total. The monoisotopic (exact) mass is 551 g/mol. The van der Waals surface area contributed by atoms with E-state index in [0.717, 1.165) is 16.7 Å². The molecule has 5 rings (SSSR count). The summed E-state index contributed by atoms with van der Waals surface area (Å²) < 4.78 is 13.6. The summed E-state index contributed by atoms with van der Waals surface area (Å²) in [5.41, 5.74) is 10.0. The van der Waals surface area contributed by atoms with Gasteiger partial charge < -0.3 is 20.1 Å². The Kier molecular flexibility index (Phi) is 6.49. The van der Waals surface area contributed by atoms with Crippen LogP contribution in [0.15, 0.2) is 48.7 Å². The van der Waals surface area contributed by atoms with Crippen LogP contribution in [0.4, 0.5) is 5.82 Å². The number of fused-ring (bicyclic) bond motifs is 3. The lowest BCUT2D eigenvalue weighted by atomic mass is 9.96. The number of anilines is 1. The van der Waals surface area contributed by atoms with Crippen molar-refractivity contribution < 1.29 is 14.3 Å². The smallest absolute Gasteiger partial charge is 0.274 e. The number of nitrogens with zero attached hydrogens (tertiary/aromatic N) is 4. The van der Waals surface area contributed by atoms with Gasteiger partial charge in [0.2, 0.25) is 0 Å². The number of carbonyl (C=O) groups is 1. The van der Waals surface area contributed by atoms with E-state index >= 15 is 0 Å². The van der Waals surface area contributed by atoms with E-state index < -0.39 is 5.54 Å². The predicted molar refractivity (Wildman–Crippen MR) is 149 cm³/mol. The minimum atomic E-state index is -0.413. The first-order chi connectivity index (χ1) is 18.0. The van der Waals surface area contributed by atoms with Crippen LogP contribution in [0.3, 0.4) is 0 Å². The summed E-state index contributed by atoms with van der Waals surface area (Å²) in [4.78, 5) is 19.6. The van der Waals surface area contributed by atoms with Crippen molar-refractivity contribution >= 4 is 34.9 Å². The van der Waals surface area contributed by atoms with E-state index in [1.54, 1.807) is 54.2 Å². The average Bonchev–Trinajstić information content (AvgIpc) is 3.26. The van der Waals surface area contributed by atoms with Gasteiger partial charge in [-0.25, -0.2) is 9.67 Å². The number of methoxy groups -OCH3 is 1. The highest BCUT2D eigenvalue weighted by Gasteiger charge is 2.34. The molecular formula is C28H27Cl2N5O3. The lowest BCUT2D eigenvalue weighted by molar-refractivity contribution is 0.0646. The van der Waals surface area contributed by atoms with Gasteiger partial charge in [0.05, 0.1) is 18.5 Å². The van der Waals surface area contributed by atoms with E-state index in [1.165, 1.54) is 0 Å². The lowest BCUT2D eigenvalue weighted by Crippen LogP contribution is -2.43. The molecule has 196 valence electrons. The second kappa shape index (κ2) is 9.53. The Morgan fingerprint density at radius 2 is 1.82 bits per heavy atom. The van der Waals surface area contributed by atoms with E-state index in [2.05, 4.69) is 4.98 Å². The molecule has 0 atom stereocenters. The number of ether oxygens (including phenoxy) is 2. The third-order valence-electron chi connectivity index (χ3n) is 6.62. The van der Waals surface area contributed by atoms with Crippen molar-refractivity contribution in [3.63, 3.8) is 0 Å². The second-order valence-corrected chi connectivity index (χ2v) is 10.9. The van der Waals surface area contributed by atoms with Crippen molar-refractivity contribution in [1.29, 1.82) is 0 Å². The molecule has 0 spiro atoms. The van der Waals surface area contributed by atoms with Gasteiger partial charge in [0.25, 0.3) is 5.91 Å². The van der Waals surface area contributed by atoms with Crippen LogP contribution < -0.4 is 15.2 Å². The van der Waals surface area contributed by atoms with Gasteiger partial charge in [0.1, 0.15) is 23.9 Å². The van der Waals surface area contributed by atoms with Gasteiger partial charge >= 0.3 is 0 Å². The molecule has 0 saturated heterocycles. The standard InChI is InChI=1S/C28H27Cl2N5O3/c1-28(2,3)34(4)27(36)25-21-14-38-23-12-22(37-5)19(15-6-7-24(31)32-13-15)11-20(23)26(21)35(33-25)18-9-16(29)8-17(30)10-18/h6-13H,14H2,1-5H3,(H2,31,32). The van der Waals surface area contributed by atoms with Gasteiger partial charge in [0, 0.05) is 57.1 Å². The number of carbonyl (C=O) groups excluding carboxylic acids is 1. The molecule has 0 bridgehead atoms. The highest BCUT2D eigenvalue weighted by molar-refractivity contribution is 6.34. The minimum Gasteiger partial charge on any atom is -0.496 e. The molecule has 0 aliphatic carbocycles. The number of hydrogen-bond acceptors (Lipinski definition) is 6. The van der Waals surface area contributed by atoms with Crippen molar-refractivity contribution in [1.82, 2.24) is 19.7 Å². The molecule has 0 radical (unpaired) electrons. The van der Waals surface area contributed by atoms with Gasteiger partial charge in [-0.2, -0.15) is 5.10 Å². The molecular weight excluding hydrogens is 525 g/mol. The number of rotatable bonds is 4. The number of amides is 1. The van der Waals surface area contributed by atoms with Crippen LogP contribution in [0, 0.1) is 0 Å². The fourth-order valence-corrected chi connectivity index (χ4v) is 4.84.